The van der Waals surface area contributed by atoms with Crippen molar-refractivity contribution >= 4 is 11.6 Å². The first-order valence-corrected chi connectivity index (χ1v) is 7.49. The lowest BCUT2D eigenvalue weighted by atomic mass is 9.97. The molecule has 2 heterocycles. The molecule has 2 atom stereocenters. The maximum atomic E-state index is 9.75. The molecule has 1 N–H and O–H groups in total. The van der Waals surface area contributed by atoms with E-state index in [9.17, 15) is 5.11 Å². The topological polar surface area (TPSA) is 62.4 Å². The normalized spacial score (nSPS) is 23.4. The average Bonchev–Trinajstić information content (AvgIpc) is 2.92. The van der Waals surface area contributed by atoms with Gasteiger partial charge in [0, 0.05) is 13.1 Å². The van der Waals surface area contributed by atoms with Crippen molar-refractivity contribution < 1.29 is 9.52 Å². The fraction of sp³-hybridized carbons (Fsp3) is 0.467. The van der Waals surface area contributed by atoms with Crippen LogP contribution in [0.15, 0.2) is 28.7 Å². The van der Waals surface area contributed by atoms with E-state index in [4.69, 9.17) is 16.0 Å². The molecule has 0 aliphatic carbocycles. The lowest BCUT2D eigenvalue weighted by Crippen LogP contribution is -2.41. The highest BCUT2D eigenvalue weighted by atomic mass is 35.5. The van der Waals surface area contributed by atoms with Gasteiger partial charge in [0.2, 0.25) is 11.8 Å². The summed E-state index contributed by atoms with van der Waals surface area (Å²) in [4.78, 5) is 2.22. The highest BCUT2D eigenvalue weighted by Gasteiger charge is 2.25. The van der Waals surface area contributed by atoms with Gasteiger partial charge in [-0.05, 0) is 24.5 Å². The SMILES string of the molecule is CC1CN(Cc2nnc(-c3ccccc3Cl)o2)CCC1O. The molecular weight excluding hydrogens is 290 g/mol. The van der Waals surface area contributed by atoms with Crippen LogP contribution in [-0.2, 0) is 6.54 Å². The van der Waals surface area contributed by atoms with Gasteiger partial charge in [-0.15, -0.1) is 10.2 Å². The van der Waals surface area contributed by atoms with Crippen molar-refractivity contribution in [3.05, 3.63) is 35.2 Å². The Morgan fingerprint density at radius 3 is 2.95 bits per heavy atom. The third-order valence-electron chi connectivity index (χ3n) is 3.87. The first-order chi connectivity index (χ1) is 10.1. The van der Waals surface area contributed by atoms with Crippen LogP contribution in [0.4, 0.5) is 0 Å². The Balaban J connectivity index is 1.70. The van der Waals surface area contributed by atoms with E-state index in [1.807, 2.05) is 18.2 Å². The molecule has 3 rings (SSSR count). The van der Waals surface area contributed by atoms with E-state index in [0.717, 1.165) is 25.1 Å². The number of hydrogen-bond acceptors (Lipinski definition) is 5. The molecule has 1 saturated heterocycles. The van der Waals surface area contributed by atoms with E-state index in [1.165, 1.54) is 0 Å². The maximum absolute atomic E-state index is 9.75. The van der Waals surface area contributed by atoms with E-state index >= 15 is 0 Å². The minimum absolute atomic E-state index is 0.206. The number of halogens is 1. The summed E-state index contributed by atoms with van der Waals surface area (Å²) in [6.45, 7) is 4.34. The zero-order valence-electron chi connectivity index (χ0n) is 11.9. The summed E-state index contributed by atoms with van der Waals surface area (Å²) in [6, 6.07) is 7.41. The van der Waals surface area contributed by atoms with Gasteiger partial charge in [-0.3, -0.25) is 4.90 Å². The maximum Gasteiger partial charge on any atom is 0.249 e. The average molecular weight is 308 g/mol. The van der Waals surface area contributed by atoms with Gasteiger partial charge in [0.05, 0.1) is 23.2 Å². The molecule has 1 fully saturated rings. The van der Waals surface area contributed by atoms with Crippen LogP contribution in [0.2, 0.25) is 5.02 Å². The molecule has 0 saturated carbocycles. The van der Waals surface area contributed by atoms with Crippen molar-refractivity contribution in [2.24, 2.45) is 5.92 Å². The van der Waals surface area contributed by atoms with E-state index < -0.39 is 0 Å². The Labute approximate surface area is 128 Å². The molecule has 2 unspecified atom stereocenters. The molecular formula is C15H18ClN3O2. The summed E-state index contributed by atoms with van der Waals surface area (Å²) in [7, 11) is 0. The second-order valence-electron chi connectivity index (χ2n) is 5.55. The number of likely N-dealkylation sites (tertiary alicyclic amines) is 1. The Hall–Kier alpha value is -1.43. The molecule has 0 amide bonds. The number of aliphatic hydroxyl groups is 1. The van der Waals surface area contributed by atoms with Gasteiger partial charge in [-0.1, -0.05) is 30.7 Å². The van der Waals surface area contributed by atoms with Gasteiger partial charge >= 0.3 is 0 Å². The van der Waals surface area contributed by atoms with E-state index in [-0.39, 0.29) is 12.0 Å². The van der Waals surface area contributed by atoms with E-state index in [1.54, 1.807) is 6.07 Å². The Bertz CT molecular complexity index is 616. The van der Waals surface area contributed by atoms with Crippen LogP contribution < -0.4 is 0 Å². The lowest BCUT2D eigenvalue weighted by Gasteiger charge is -2.33. The van der Waals surface area contributed by atoms with Crippen molar-refractivity contribution in [2.45, 2.75) is 26.0 Å². The van der Waals surface area contributed by atoms with Gasteiger partial charge in [-0.25, -0.2) is 0 Å². The van der Waals surface area contributed by atoms with Gasteiger partial charge < -0.3 is 9.52 Å². The number of aliphatic hydroxyl groups excluding tert-OH is 1. The molecule has 0 spiro atoms. The highest BCUT2D eigenvalue weighted by Crippen LogP contribution is 2.27. The summed E-state index contributed by atoms with van der Waals surface area (Å²) in [5.74, 6) is 1.29. The van der Waals surface area contributed by atoms with Crippen molar-refractivity contribution in [2.75, 3.05) is 13.1 Å². The zero-order chi connectivity index (χ0) is 14.8. The fourth-order valence-corrected chi connectivity index (χ4v) is 2.83. The standard InChI is InChI=1S/C15H18ClN3O2/c1-10-8-19(7-6-13(10)20)9-14-17-18-15(21-14)11-4-2-3-5-12(11)16/h2-5,10,13,20H,6-9H2,1H3. The molecule has 0 radical (unpaired) electrons. The van der Waals surface area contributed by atoms with E-state index in [2.05, 4.69) is 22.0 Å². The molecule has 21 heavy (non-hydrogen) atoms. The summed E-state index contributed by atoms with van der Waals surface area (Å²) in [6.07, 6.45) is 0.578. The molecule has 5 nitrogen and oxygen atoms in total. The Morgan fingerprint density at radius 1 is 1.38 bits per heavy atom. The Kier molecular flexibility index (Phi) is 4.24. The number of benzene rings is 1. The van der Waals surface area contributed by atoms with Crippen LogP contribution >= 0.6 is 11.6 Å². The van der Waals surface area contributed by atoms with Gasteiger partial charge in [0.15, 0.2) is 0 Å². The van der Waals surface area contributed by atoms with Crippen molar-refractivity contribution in [3.63, 3.8) is 0 Å². The van der Waals surface area contributed by atoms with Crippen molar-refractivity contribution in [1.29, 1.82) is 0 Å². The van der Waals surface area contributed by atoms with Crippen LogP contribution in [0, 0.1) is 5.92 Å². The minimum Gasteiger partial charge on any atom is -0.419 e. The largest absolute Gasteiger partial charge is 0.419 e. The molecule has 1 aliphatic heterocycles. The van der Waals surface area contributed by atoms with Crippen molar-refractivity contribution in [3.8, 4) is 11.5 Å². The van der Waals surface area contributed by atoms with Crippen LogP contribution in [-0.4, -0.2) is 39.4 Å². The van der Waals surface area contributed by atoms with Gasteiger partial charge in [0.25, 0.3) is 0 Å². The summed E-state index contributed by atoms with van der Waals surface area (Å²) < 4.78 is 5.70. The first kappa shape index (κ1) is 14.5. The monoisotopic (exact) mass is 307 g/mol. The first-order valence-electron chi connectivity index (χ1n) is 7.11. The number of aromatic nitrogens is 2. The fourth-order valence-electron chi connectivity index (χ4n) is 2.62. The van der Waals surface area contributed by atoms with E-state index in [0.29, 0.717) is 23.3 Å². The molecule has 1 aromatic carbocycles. The quantitative estimate of drug-likeness (QED) is 0.944. The summed E-state index contributed by atoms with van der Waals surface area (Å²) in [5.41, 5.74) is 0.750. The van der Waals surface area contributed by atoms with Crippen LogP contribution in [0.1, 0.15) is 19.2 Å². The predicted octanol–water partition coefficient (Wildman–Crippen LogP) is 2.59. The highest BCUT2D eigenvalue weighted by molar-refractivity contribution is 6.33. The molecule has 112 valence electrons. The predicted molar refractivity (Wildman–Crippen MR) is 79.8 cm³/mol. The molecule has 1 aromatic heterocycles. The summed E-state index contributed by atoms with van der Waals surface area (Å²) >= 11 is 6.13. The molecule has 1 aliphatic rings. The molecule has 0 bridgehead atoms. The van der Waals surface area contributed by atoms with Crippen LogP contribution in [0.3, 0.4) is 0 Å². The van der Waals surface area contributed by atoms with Crippen LogP contribution in [0.25, 0.3) is 11.5 Å². The van der Waals surface area contributed by atoms with Crippen LogP contribution in [0.5, 0.6) is 0 Å². The smallest absolute Gasteiger partial charge is 0.249 e. The minimum atomic E-state index is -0.206. The second-order valence-corrected chi connectivity index (χ2v) is 5.96. The third-order valence-corrected chi connectivity index (χ3v) is 4.20. The van der Waals surface area contributed by atoms with Gasteiger partial charge in [-0.2, -0.15) is 0 Å². The summed E-state index contributed by atoms with van der Waals surface area (Å²) in [5, 5.41) is 18.5. The number of rotatable bonds is 3. The second kappa shape index (κ2) is 6.13. The molecule has 2 aromatic rings. The zero-order valence-corrected chi connectivity index (χ0v) is 12.6. The Morgan fingerprint density at radius 2 is 2.19 bits per heavy atom. The van der Waals surface area contributed by atoms with Crippen molar-refractivity contribution in [1.82, 2.24) is 15.1 Å². The van der Waals surface area contributed by atoms with Gasteiger partial charge in [0.1, 0.15) is 0 Å². The molecule has 6 heteroatoms. The number of hydrogen-bond donors (Lipinski definition) is 1. The number of piperidine rings is 1. The number of nitrogens with zero attached hydrogens (tertiary/aromatic N) is 3. The third kappa shape index (κ3) is 3.26. The lowest BCUT2D eigenvalue weighted by molar-refractivity contribution is 0.0290.